The van der Waals surface area contributed by atoms with Crippen LogP contribution < -0.4 is 16.0 Å². The van der Waals surface area contributed by atoms with E-state index in [1.54, 1.807) is 12.3 Å². The number of nitrogens with one attached hydrogen (secondary N) is 1. The van der Waals surface area contributed by atoms with Crippen LogP contribution in [-0.4, -0.2) is 36.6 Å². The van der Waals surface area contributed by atoms with E-state index in [0.29, 0.717) is 11.7 Å². The standard InChI is InChI=1S/C14H22N4O/c1-2-18(10-11-5-3-4-7-16-11)12-6-8-17-13(9-12)14(15)19/h6,8-9,11,16H,2-5,7,10H2,1H3,(H2,15,19). The fourth-order valence-electron chi connectivity index (χ4n) is 2.51. The number of hydrogen-bond donors (Lipinski definition) is 2. The Morgan fingerprint density at radius 2 is 2.42 bits per heavy atom. The highest BCUT2D eigenvalue weighted by molar-refractivity contribution is 5.91. The SMILES string of the molecule is CCN(CC1CCCCN1)c1ccnc(C(N)=O)c1. The van der Waals surface area contributed by atoms with E-state index < -0.39 is 5.91 Å². The van der Waals surface area contributed by atoms with Crippen LogP contribution in [-0.2, 0) is 0 Å². The van der Waals surface area contributed by atoms with Crippen molar-refractivity contribution in [2.24, 2.45) is 5.73 Å². The smallest absolute Gasteiger partial charge is 0.267 e. The Morgan fingerprint density at radius 1 is 1.58 bits per heavy atom. The quantitative estimate of drug-likeness (QED) is 0.835. The third-order valence-corrected chi connectivity index (χ3v) is 3.60. The summed E-state index contributed by atoms with van der Waals surface area (Å²) in [5, 5.41) is 3.54. The van der Waals surface area contributed by atoms with E-state index in [0.717, 1.165) is 25.3 Å². The molecule has 1 aliphatic rings. The van der Waals surface area contributed by atoms with E-state index in [-0.39, 0.29) is 0 Å². The maximum atomic E-state index is 11.2. The Bertz CT molecular complexity index is 429. The van der Waals surface area contributed by atoms with Crippen molar-refractivity contribution in [3.8, 4) is 0 Å². The van der Waals surface area contributed by atoms with Crippen LogP contribution >= 0.6 is 0 Å². The predicted molar refractivity (Wildman–Crippen MR) is 76.3 cm³/mol. The Kier molecular flexibility index (Phi) is 4.74. The zero-order valence-electron chi connectivity index (χ0n) is 11.4. The molecule has 104 valence electrons. The van der Waals surface area contributed by atoms with Gasteiger partial charge in [-0.15, -0.1) is 0 Å². The topological polar surface area (TPSA) is 71.2 Å². The molecule has 1 aromatic rings. The number of carbonyl (C=O) groups is 1. The highest BCUT2D eigenvalue weighted by Gasteiger charge is 2.16. The fourth-order valence-corrected chi connectivity index (χ4v) is 2.51. The average molecular weight is 262 g/mol. The molecule has 0 aliphatic carbocycles. The number of primary amides is 1. The number of hydrogen-bond acceptors (Lipinski definition) is 4. The zero-order valence-corrected chi connectivity index (χ0v) is 11.4. The minimum absolute atomic E-state index is 0.326. The van der Waals surface area contributed by atoms with E-state index >= 15 is 0 Å². The van der Waals surface area contributed by atoms with Crippen molar-refractivity contribution in [2.75, 3.05) is 24.5 Å². The Labute approximate surface area is 114 Å². The molecular weight excluding hydrogens is 240 g/mol. The number of pyridine rings is 1. The van der Waals surface area contributed by atoms with Crippen LogP contribution in [0.4, 0.5) is 5.69 Å². The fraction of sp³-hybridized carbons (Fsp3) is 0.571. The summed E-state index contributed by atoms with van der Waals surface area (Å²) in [6.45, 7) is 5.08. The summed E-state index contributed by atoms with van der Waals surface area (Å²) in [5.74, 6) is -0.478. The molecule has 5 nitrogen and oxygen atoms in total. The largest absolute Gasteiger partial charge is 0.370 e. The van der Waals surface area contributed by atoms with Gasteiger partial charge in [-0.1, -0.05) is 6.42 Å². The molecular formula is C14H22N4O. The summed E-state index contributed by atoms with van der Waals surface area (Å²) in [6, 6.07) is 4.23. The zero-order chi connectivity index (χ0) is 13.7. The number of likely N-dealkylation sites (N-methyl/N-ethyl adjacent to an activating group) is 1. The molecule has 1 saturated heterocycles. The van der Waals surface area contributed by atoms with Gasteiger partial charge in [0.05, 0.1) is 0 Å². The highest BCUT2D eigenvalue weighted by atomic mass is 16.1. The number of carbonyl (C=O) groups excluding carboxylic acids is 1. The summed E-state index contributed by atoms with van der Waals surface area (Å²) in [4.78, 5) is 17.4. The van der Waals surface area contributed by atoms with Crippen LogP contribution in [0.25, 0.3) is 0 Å². The second-order valence-corrected chi connectivity index (χ2v) is 4.95. The molecule has 0 bridgehead atoms. The minimum atomic E-state index is -0.478. The number of nitrogens with zero attached hydrogens (tertiary/aromatic N) is 2. The molecule has 1 unspecified atom stereocenters. The lowest BCUT2D eigenvalue weighted by Gasteiger charge is -2.31. The summed E-state index contributed by atoms with van der Waals surface area (Å²) in [6.07, 6.45) is 5.42. The van der Waals surface area contributed by atoms with Crippen LogP contribution in [0, 0.1) is 0 Å². The third-order valence-electron chi connectivity index (χ3n) is 3.60. The van der Waals surface area contributed by atoms with Crippen molar-refractivity contribution in [2.45, 2.75) is 32.2 Å². The predicted octanol–water partition coefficient (Wildman–Crippen LogP) is 1.15. The Balaban J connectivity index is 2.07. The third kappa shape index (κ3) is 3.67. The first-order chi connectivity index (χ1) is 9.20. The molecule has 1 fully saturated rings. The van der Waals surface area contributed by atoms with Gasteiger partial charge in [-0.25, -0.2) is 0 Å². The summed E-state index contributed by atoms with van der Waals surface area (Å²) >= 11 is 0. The molecule has 1 atom stereocenters. The van der Waals surface area contributed by atoms with Gasteiger partial charge in [-0.3, -0.25) is 9.78 Å². The number of anilines is 1. The summed E-state index contributed by atoms with van der Waals surface area (Å²) in [5.41, 5.74) is 6.62. The number of aromatic nitrogens is 1. The number of amides is 1. The Hall–Kier alpha value is -1.62. The van der Waals surface area contributed by atoms with E-state index in [2.05, 4.69) is 22.1 Å². The van der Waals surface area contributed by atoms with Crippen molar-refractivity contribution < 1.29 is 4.79 Å². The molecule has 5 heteroatoms. The van der Waals surface area contributed by atoms with Gasteiger partial charge in [0.1, 0.15) is 5.69 Å². The highest BCUT2D eigenvalue weighted by Crippen LogP contribution is 2.17. The van der Waals surface area contributed by atoms with Gasteiger partial charge in [-0.2, -0.15) is 0 Å². The van der Waals surface area contributed by atoms with Crippen molar-refractivity contribution in [1.29, 1.82) is 0 Å². The normalized spacial score (nSPS) is 19.1. The van der Waals surface area contributed by atoms with Crippen LogP contribution in [0.3, 0.4) is 0 Å². The lowest BCUT2D eigenvalue weighted by Crippen LogP contribution is -2.43. The molecule has 0 aromatic carbocycles. The van der Waals surface area contributed by atoms with E-state index in [9.17, 15) is 4.79 Å². The summed E-state index contributed by atoms with van der Waals surface area (Å²) < 4.78 is 0. The van der Waals surface area contributed by atoms with Crippen molar-refractivity contribution in [3.63, 3.8) is 0 Å². The molecule has 0 spiro atoms. The van der Waals surface area contributed by atoms with Gasteiger partial charge in [0.2, 0.25) is 0 Å². The number of nitrogens with two attached hydrogens (primary N) is 1. The number of piperidine rings is 1. The van der Waals surface area contributed by atoms with Crippen molar-refractivity contribution in [1.82, 2.24) is 10.3 Å². The number of rotatable bonds is 5. The first-order valence-electron chi connectivity index (χ1n) is 6.95. The van der Waals surface area contributed by atoms with Gasteiger partial charge in [-0.05, 0) is 38.4 Å². The molecule has 19 heavy (non-hydrogen) atoms. The molecule has 3 N–H and O–H groups in total. The maximum absolute atomic E-state index is 11.2. The van der Waals surface area contributed by atoms with E-state index in [1.165, 1.54) is 19.3 Å². The van der Waals surface area contributed by atoms with Gasteiger partial charge in [0.15, 0.2) is 0 Å². The molecule has 0 radical (unpaired) electrons. The molecule has 1 amide bonds. The van der Waals surface area contributed by atoms with Crippen LogP contribution in [0.15, 0.2) is 18.3 Å². The molecule has 1 aliphatic heterocycles. The van der Waals surface area contributed by atoms with E-state index in [4.69, 9.17) is 5.73 Å². The molecule has 0 saturated carbocycles. The minimum Gasteiger partial charge on any atom is -0.370 e. The molecule has 1 aromatic heterocycles. The lowest BCUT2D eigenvalue weighted by atomic mass is 10.0. The molecule has 2 heterocycles. The summed E-state index contributed by atoms with van der Waals surface area (Å²) in [7, 11) is 0. The van der Waals surface area contributed by atoms with Gasteiger partial charge >= 0.3 is 0 Å². The van der Waals surface area contributed by atoms with Crippen LogP contribution in [0.1, 0.15) is 36.7 Å². The van der Waals surface area contributed by atoms with E-state index in [1.807, 2.05) is 6.07 Å². The van der Waals surface area contributed by atoms with Gasteiger partial charge in [0.25, 0.3) is 5.91 Å². The van der Waals surface area contributed by atoms with Crippen molar-refractivity contribution in [3.05, 3.63) is 24.0 Å². The first kappa shape index (κ1) is 13.8. The van der Waals surface area contributed by atoms with Gasteiger partial charge < -0.3 is 16.0 Å². The van der Waals surface area contributed by atoms with Crippen LogP contribution in [0.2, 0.25) is 0 Å². The second kappa shape index (κ2) is 6.52. The molecule has 2 rings (SSSR count). The Morgan fingerprint density at radius 3 is 3.05 bits per heavy atom. The lowest BCUT2D eigenvalue weighted by molar-refractivity contribution is 0.0995. The van der Waals surface area contributed by atoms with Gasteiger partial charge in [0, 0.05) is 31.0 Å². The second-order valence-electron chi connectivity index (χ2n) is 4.95. The maximum Gasteiger partial charge on any atom is 0.267 e. The van der Waals surface area contributed by atoms with Crippen molar-refractivity contribution >= 4 is 11.6 Å². The monoisotopic (exact) mass is 262 g/mol. The first-order valence-corrected chi connectivity index (χ1v) is 6.95. The average Bonchev–Trinajstić information content (AvgIpc) is 2.46. The van der Waals surface area contributed by atoms with Crippen LogP contribution in [0.5, 0.6) is 0 Å².